The van der Waals surface area contributed by atoms with Crippen LogP contribution in [0.15, 0.2) is 78.9 Å². The highest BCUT2D eigenvalue weighted by atomic mass is 16.6. The standard InChI is InChI=1S/C21H18N2O4/c24-20(15-7-3-1-4-8-15)14-22-18-12-11-17(13-19(18)23(26)27)21(25)16-9-5-2-6-10-16/h1-13,20,22,24H,14H2/t20-/m0/s1. The van der Waals surface area contributed by atoms with Crippen molar-refractivity contribution in [3.8, 4) is 0 Å². The molecule has 0 spiro atoms. The van der Waals surface area contributed by atoms with E-state index in [1.165, 1.54) is 12.1 Å². The zero-order chi connectivity index (χ0) is 19.2. The minimum absolute atomic E-state index is 0.108. The summed E-state index contributed by atoms with van der Waals surface area (Å²) in [4.78, 5) is 23.4. The number of nitrogens with zero attached hydrogens (tertiary/aromatic N) is 1. The Hall–Kier alpha value is -3.51. The molecule has 3 aromatic rings. The van der Waals surface area contributed by atoms with E-state index >= 15 is 0 Å². The Kier molecular flexibility index (Phi) is 5.58. The van der Waals surface area contributed by atoms with Crippen molar-refractivity contribution in [2.45, 2.75) is 6.10 Å². The Morgan fingerprint density at radius 3 is 2.22 bits per heavy atom. The lowest BCUT2D eigenvalue weighted by Gasteiger charge is -2.13. The number of rotatable bonds is 7. The Labute approximate surface area is 156 Å². The van der Waals surface area contributed by atoms with Crippen molar-refractivity contribution in [3.63, 3.8) is 0 Å². The van der Waals surface area contributed by atoms with Gasteiger partial charge in [0.25, 0.3) is 5.69 Å². The highest BCUT2D eigenvalue weighted by Gasteiger charge is 2.19. The summed E-state index contributed by atoms with van der Waals surface area (Å²) < 4.78 is 0. The molecule has 0 saturated heterocycles. The number of ketones is 1. The summed E-state index contributed by atoms with van der Waals surface area (Å²) in [6, 6.07) is 21.9. The molecule has 0 aromatic heterocycles. The molecule has 1 atom stereocenters. The molecule has 6 heteroatoms. The van der Waals surface area contributed by atoms with Gasteiger partial charge in [-0.25, -0.2) is 0 Å². The van der Waals surface area contributed by atoms with Gasteiger partial charge in [0, 0.05) is 23.7 Å². The van der Waals surface area contributed by atoms with Crippen LogP contribution in [0.1, 0.15) is 27.6 Å². The van der Waals surface area contributed by atoms with Crippen molar-refractivity contribution in [2.75, 3.05) is 11.9 Å². The maximum atomic E-state index is 12.5. The van der Waals surface area contributed by atoms with Crippen LogP contribution in [-0.4, -0.2) is 22.4 Å². The summed E-state index contributed by atoms with van der Waals surface area (Å²) in [5.74, 6) is -0.283. The van der Waals surface area contributed by atoms with E-state index < -0.39 is 11.0 Å². The Balaban J connectivity index is 1.80. The minimum Gasteiger partial charge on any atom is -0.387 e. The molecule has 2 N–H and O–H groups in total. The molecule has 136 valence electrons. The number of nitrogens with one attached hydrogen (secondary N) is 1. The lowest BCUT2D eigenvalue weighted by atomic mass is 10.0. The van der Waals surface area contributed by atoms with Gasteiger partial charge in [-0.15, -0.1) is 0 Å². The molecule has 0 aliphatic heterocycles. The van der Waals surface area contributed by atoms with E-state index in [1.807, 2.05) is 18.2 Å². The Morgan fingerprint density at radius 2 is 1.59 bits per heavy atom. The highest BCUT2D eigenvalue weighted by molar-refractivity contribution is 6.09. The first-order valence-electron chi connectivity index (χ1n) is 8.41. The number of aliphatic hydroxyl groups is 1. The molecular weight excluding hydrogens is 344 g/mol. The number of nitro groups is 1. The molecule has 27 heavy (non-hydrogen) atoms. The third kappa shape index (κ3) is 4.37. The number of hydrogen-bond acceptors (Lipinski definition) is 5. The summed E-state index contributed by atoms with van der Waals surface area (Å²) in [6.07, 6.45) is -0.809. The average Bonchev–Trinajstić information content (AvgIpc) is 2.72. The van der Waals surface area contributed by atoms with Crippen LogP contribution in [0.3, 0.4) is 0 Å². The molecule has 0 bridgehead atoms. The van der Waals surface area contributed by atoms with Crippen LogP contribution >= 0.6 is 0 Å². The molecule has 0 fully saturated rings. The molecule has 0 amide bonds. The summed E-state index contributed by atoms with van der Waals surface area (Å²) in [5.41, 5.74) is 1.45. The van der Waals surface area contributed by atoms with Gasteiger partial charge in [0.15, 0.2) is 5.78 Å². The van der Waals surface area contributed by atoms with Crippen molar-refractivity contribution < 1.29 is 14.8 Å². The van der Waals surface area contributed by atoms with E-state index in [1.54, 1.807) is 48.5 Å². The van der Waals surface area contributed by atoms with Crippen LogP contribution in [0.25, 0.3) is 0 Å². The fourth-order valence-corrected chi connectivity index (χ4v) is 2.73. The van der Waals surface area contributed by atoms with E-state index in [-0.39, 0.29) is 29.3 Å². The highest BCUT2D eigenvalue weighted by Crippen LogP contribution is 2.27. The topological polar surface area (TPSA) is 92.5 Å². The maximum absolute atomic E-state index is 12.5. The van der Waals surface area contributed by atoms with Crippen LogP contribution < -0.4 is 5.32 Å². The van der Waals surface area contributed by atoms with E-state index in [4.69, 9.17) is 0 Å². The van der Waals surface area contributed by atoms with Crippen molar-refractivity contribution in [1.29, 1.82) is 0 Å². The van der Waals surface area contributed by atoms with Gasteiger partial charge < -0.3 is 10.4 Å². The van der Waals surface area contributed by atoms with Crippen LogP contribution in [0, 0.1) is 10.1 Å². The van der Waals surface area contributed by atoms with Crippen LogP contribution in [-0.2, 0) is 0 Å². The molecule has 0 aliphatic carbocycles. The van der Waals surface area contributed by atoms with E-state index in [0.717, 1.165) is 0 Å². The smallest absolute Gasteiger partial charge is 0.293 e. The number of carbonyl (C=O) groups excluding carboxylic acids is 1. The number of aliphatic hydroxyl groups excluding tert-OH is 1. The van der Waals surface area contributed by atoms with Gasteiger partial charge in [-0.05, 0) is 17.7 Å². The molecule has 0 aliphatic rings. The third-order valence-electron chi connectivity index (χ3n) is 4.16. The van der Waals surface area contributed by atoms with Gasteiger partial charge >= 0.3 is 0 Å². The van der Waals surface area contributed by atoms with Crippen molar-refractivity contribution >= 4 is 17.2 Å². The van der Waals surface area contributed by atoms with Gasteiger partial charge in [0.05, 0.1) is 11.0 Å². The first-order chi connectivity index (χ1) is 13.1. The molecular formula is C21H18N2O4. The minimum atomic E-state index is -0.809. The molecule has 0 saturated carbocycles. The van der Waals surface area contributed by atoms with Crippen LogP contribution in [0.4, 0.5) is 11.4 Å². The van der Waals surface area contributed by atoms with Gasteiger partial charge in [-0.1, -0.05) is 60.7 Å². The van der Waals surface area contributed by atoms with Gasteiger partial charge in [-0.3, -0.25) is 14.9 Å². The van der Waals surface area contributed by atoms with Crippen molar-refractivity contribution in [1.82, 2.24) is 0 Å². The summed E-state index contributed by atoms with van der Waals surface area (Å²) in [6.45, 7) is 0.108. The lowest BCUT2D eigenvalue weighted by molar-refractivity contribution is -0.384. The predicted octanol–water partition coefficient (Wildman–Crippen LogP) is 3.97. The fraction of sp³-hybridized carbons (Fsp3) is 0.0952. The average molecular weight is 362 g/mol. The van der Waals surface area contributed by atoms with E-state index in [2.05, 4.69) is 5.32 Å². The normalized spacial score (nSPS) is 11.6. The SMILES string of the molecule is O=C(c1ccccc1)c1ccc(NC[C@H](O)c2ccccc2)c([N+](=O)[O-])c1. The number of hydrogen-bond donors (Lipinski definition) is 2. The zero-order valence-corrected chi connectivity index (χ0v) is 14.4. The fourth-order valence-electron chi connectivity index (χ4n) is 2.73. The largest absolute Gasteiger partial charge is 0.387 e. The van der Waals surface area contributed by atoms with E-state index in [9.17, 15) is 20.0 Å². The first-order valence-corrected chi connectivity index (χ1v) is 8.41. The summed E-state index contributed by atoms with van der Waals surface area (Å²) in [5, 5.41) is 24.6. The third-order valence-corrected chi connectivity index (χ3v) is 4.16. The van der Waals surface area contributed by atoms with Crippen LogP contribution in [0.5, 0.6) is 0 Å². The van der Waals surface area contributed by atoms with Crippen molar-refractivity contribution in [2.24, 2.45) is 0 Å². The molecule has 3 rings (SSSR count). The van der Waals surface area contributed by atoms with Crippen molar-refractivity contribution in [3.05, 3.63) is 106 Å². The second-order valence-corrected chi connectivity index (χ2v) is 5.99. The number of carbonyl (C=O) groups is 1. The second-order valence-electron chi connectivity index (χ2n) is 5.99. The Bertz CT molecular complexity index is 943. The molecule has 3 aromatic carbocycles. The number of anilines is 1. The summed E-state index contributed by atoms with van der Waals surface area (Å²) >= 11 is 0. The van der Waals surface area contributed by atoms with Gasteiger partial charge in [-0.2, -0.15) is 0 Å². The monoisotopic (exact) mass is 362 g/mol. The second kappa shape index (κ2) is 8.25. The first kappa shape index (κ1) is 18.3. The zero-order valence-electron chi connectivity index (χ0n) is 14.4. The molecule has 0 radical (unpaired) electrons. The lowest BCUT2D eigenvalue weighted by Crippen LogP contribution is -2.13. The maximum Gasteiger partial charge on any atom is 0.293 e. The summed E-state index contributed by atoms with van der Waals surface area (Å²) in [7, 11) is 0. The van der Waals surface area contributed by atoms with Crippen LogP contribution in [0.2, 0.25) is 0 Å². The predicted molar refractivity (Wildman–Crippen MR) is 103 cm³/mol. The van der Waals surface area contributed by atoms with Gasteiger partial charge in [0.2, 0.25) is 0 Å². The van der Waals surface area contributed by atoms with Gasteiger partial charge in [0.1, 0.15) is 5.69 Å². The molecule has 0 unspecified atom stereocenters. The Morgan fingerprint density at radius 1 is 0.963 bits per heavy atom. The molecule has 0 heterocycles. The van der Waals surface area contributed by atoms with E-state index in [0.29, 0.717) is 11.1 Å². The number of benzene rings is 3. The molecule has 6 nitrogen and oxygen atoms in total. The quantitative estimate of drug-likeness (QED) is 0.377. The number of nitro benzene ring substituents is 1.